The normalized spacial score (nSPS) is 12.6. The second-order valence-electron chi connectivity index (χ2n) is 3.09. The molecule has 1 unspecified atom stereocenters. The summed E-state index contributed by atoms with van der Waals surface area (Å²) in [6.45, 7) is 1.87. The maximum Gasteiger partial charge on any atom is 0.261 e. The number of rotatable bonds is 3. The minimum Gasteiger partial charge on any atom is -0.394 e. The minimum absolute atomic E-state index is 0.103. The van der Waals surface area contributed by atoms with Crippen LogP contribution in [0.1, 0.15) is 19.8 Å². The molecule has 0 amide bonds. The maximum atomic E-state index is 9.19. The Morgan fingerprint density at radius 2 is 1.24 bits per heavy atom. The molecule has 0 aromatic carbocycles. The second kappa shape index (κ2) is 10.9. The minimum atomic E-state index is -3.67. The van der Waals surface area contributed by atoms with Crippen molar-refractivity contribution in [1.82, 2.24) is 0 Å². The molecule has 0 heterocycles. The van der Waals surface area contributed by atoms with Gasteiger partial charge in [0.05, 0.1) is 25.2 Å². The van der Waals surface area contributed by atoms with Crippen LogP contribution in [0, 0.1) is 0 Å². The van der Waals surface area contributed by atoms with E-state index < -0.39 is 26.3 Å². The Morgan fingerprint density at radius 1 is 1.00 bits per heavy atom. The molecule has 0 fully saturated rings. The van der Waals surface area contributed by atoms with Gasteiger partial charge in [0.25, 0.3) is 20.2 Å². The summed E-state index contributed by atoms with van der Waals surface area (Å²) >= 11 is 0. The van der Waals surface area contributed by atoms with Crippen molar-refractivity contribution in [2.75, 3.05) is 19.1 Å². The number of aliphatic hydroxyl groups excluding tert-OH is 2. The zero-order chi connectivity index (χ0) is 14.7. The molecule has 17 heavy (non-hydrogen) atoms. The summed E-state index contributed by atoms with van der Waals surface area (Å²) < 4.78 is 51.7. The topological polar surface area (TPSA) is 149 Å². The Labute approximate surface area is 102 Å². The highest BCUT2D eigenvalue weighted by atomic mass is 32.2. The van der Waals surface area contributed by atoms with E-state index in [1.54, 1.807) is 0 Å². The van der Waals surface area contributed by atoms with E-state index in [0.717, 1.165) is 6.42 Å². The molecule has 0 radical (unpaired) electrons. The van der Waals surface area contributed by atoms with E-state index in [1.807, 2.05) is 6.92 Å². The Kier molecular flexibility index (Phi) is 14.0. The van der Waals surface area contributed by atoms with Crippen molar-refractivity contribution in [3.63, 3.8) is 0 Å². The molecular weight excluding hydrogens is 276 g/mol. The summed E-state index contributed by atoms with van der Waals surface area (Å²) in [4.78, 5) is 0. The highest BCUT2D eigenvalue weighted by Gasteiger charge is 1.95. The largest absolute Gasteiger partial charge is 0.394 e. The van der Waals surface area contributed by atoms with E-state index in [1.165, 1.54) is 0 Å². The Balaban J connectivity index is -0.000000177. The van der Waals surface area contributed by atoms with Gasteiger partial charge in [-0.05, 0) is 6.42 Å². The lowest BCUT2D eigenvalue weighted by Gasteiger charge is -2.01. The lowest BCUT2D eigenvalue weighted by molar-refractivity contribution is 0.0877. The Hall–Kier alpha value is -0.260. The van der Waals surface area contributed by atoms with Crippen molar-refractivity contribution in [3.05, 3.63) is 0 Å². The third-order valence-electron chi connectivity index (χ3n) is 0.833. The summed E-state index contributed by atoms with van der Waals surface area (Å²) in [5.41, 5.74) is 0. The average molecular weight is 296 g/mol. The molecule has 10 heteroatoms. The van der Waals surface area contributed by atoms with Gasteiger partial charge in [0.1, 0.15) is 0 Å². The predicted octanol–water partition coefficient (Wildman–Crippen LogP) is -0.852. The molecule has 0 aromatic rings. The van der Waals surface area contributed by atoms with Crippen LogP contribution in [-0.4, -0.2) is 61.4 Å². The smallest absolute Gasteiger partial charge is 0.261 e. The molecule has 0 saturated carbocycles. The van der Waals surface area contributed by atoms with Crippen LogP contribution in [0.4, 0.5) is 0 Å². The van der Waals surface area contributed by atoms with Crippen LogP contribution < -0.4 is 0 Å². The third-order valence-corrected chi connectivity index (χ3v) is 0.833. The van der Waals surface area contributed by atoms with Gasteiger partial charge in [-0.3, -0.25) is 9.11 Å². The van der Waals surface area contributed by atoms with Crippen molar-refractivity contribution < 1.29 is 36.2 Å². The molecule has 0 spiro atoms. The van der Waals surface area contributed by atoms with Gasteiger partial charge in [-0.2, -0.15) is 16.8 Å². The standard InChI is InChI=1S/C5H12O2.2CH4O3S/c1-2-3-5(7)4-6;2*1-5(2,3)4/h5-7H,2-4H2,1H3;2*1H3,(H,2,3,4). The van der Waals surface area contributed by atoms with E-state index in [0.29, 0.717) is 18.9 Å². The van der Waals surface area contributed by atoms with E-state index in [-0.39, 0.29) is 6.61 Å². The fourth-order valence-electron chi connectivity index (χ4n) is 0.425. The van der Waals surface area contributed by atoms with Gasteiger partial charge in [0.15, 0.2) is 0 Å². The van der Waals surface area contributed by atoms with Crippen LogP contribution >= 0.6 is 0 Å². The SMILES string of the molecule is CCCC(O)CO.CS(=O)(=O)O.CS(=O)(=O)O. The number of hydrogen-bond acceptors (Lipinski definition) is 6. The van der Waals surface area contributed by atoms with Crippen LogP contribution in [0.15, 0.2) is 0 Å². The lowest BCUT2D eigenvalue weighted by atomic mass is 10.2. The number of aliphatic hydroxyl groups is 2. The molecule has 4 N–H and O–H groups in total. The van der Waals surface area contributed by atoms with Crippen molar-refractivity contribution in [2.24, 2.45) is 0 Å². The molecule has 0 aliphatic carbocycles. The zero-order valence-corrected chi connectivity index (χ0v) is 11.6. The molecular formula is C7H20O8S2. The predicted molar refractivity (Wildman–Crippen MR) is 62.9 cm³/mol. The summed E-state index contributed by atoms with van der Waals surface area (Å²) in [6, 6.07) is 0. The first kappa shape index (κ1) is 22.0. The van der Waals surface area contributed by atoms with E-state index in [9.17, 15) is 16.8 Å². The average Bonchev–Trinajstić information content (AvgIpc) is 1.98. The van der Waals surface area contributed by atoms with Crippen molar-refractivity contribution in [2.45, 2.75) is 25.9 Å². The highest BCUT2D eigenvalue weighted by Crippen LogP contribution is 1.92. The molecule has 0 aliphatic heterocycles. The zero-order valence-electron chi connectivity index (χ0n) is 9.94. The fraction of sp³-hybridized carbons (Fsp3) is 1.00. The summed E-state index contributed by atoms with van der Waals surface area (Å²) in [7, 11) is -7.33. The molecule has 0 saturated heterocycles. The van der Waals surface area contributed by atoms with E-state index in [2.05, 4.69) is 0 Å². The first-order valence-electron chi connectivity index (χ1n) is 4.45. The van der Waals surface area contributed by atoms with Crippen LogP contribution in [-0.2, 0) is 20.2 Å². The van der Waals surface area contributed by atoms with Crippen molar-refractivity contribution >= 4 is 20.2 Å². The van der Waals surface area contributed by atoms with Gasteiger partial charge in [0, 0.05) is 0 Å². The van der Waals surface area contributed by atoms with Crippen LogP contribution in [0.3, 0.4) is 0 Å². The molecule has 108 valence electrons. The van der Waals surface area contributed by atoms with E-state index >= 15 is 0 Å². The van der Waals surface area contributed by atoms with Gasteiger partial charge < -0.3 is 10.2 Å². The van der Waals surface area contributed by atoms with Gasteiger partial charge in [-0.1, -0.05) is 13.3 Å². The maximum absolute atomic E-state index is 9.19. The van der Waals surface area contributed by atoms with Gasteiger partial charge >= 0.3 is 0 Å². The Bertz CT molecular complexity index is 298. The summed E-state index contributed by atoms with van der Waals surface area (Å²) in [5.74, 6) is 0. The highest BCUT2D eigenvalue weighted by molar-refractivity contribution is 7.85. The third kappa shape index (κ3) is 132. The summed E-state index contributed by atoms with van der Waals surface area (Å²) in [6.07, 6.45) is 2.57. The fourth-order valence-corrected chi connectivity index (χ4v) is 0.425. The first-order valence-corrected chi connectivity index (χ1v) is 8.14. The molecule has 0 aliphatic rings. The quantitative estimate of drug-likeness (QED) is 0.492. The second-order valence-corrected chi connectivity index (χ2v) is 6.02. The van der Waals surface area contributed by atoms with Crippen LogP contribution in [0.25, 0.3) is 0 Å². The van der Waals surface area contributed by atoms with Gasteiger partial charge in [0.2, 0.25) is 0 Å². The van der Waals surface area contributed by atoms with Crippen LogP contribution in [0.2, 0.25) is 0 Å². The number of hydrogen-bond donors (Lipinski definition) is 4. The lowest BCUT2D eigenvalue weighted by Crippen LogP contribution is -2.10. The molecule has 1 atom stereocenters. The van der Waals surface area contributed by atoms with Crippen molar-refractivity contribution in [3.8, 4) is 0 Å². The molecule has 0 bridgehead atoms. The van der Waals surface area contributed by atoms with Crippen molar-refractivity contribution in [1.29, 1.82) is 0 Å². The molecule has 0 aromatic heterocycles. The monoisotopic (exact) mass is 296 g/mol. The van der Waals surface area contributed by atoms with Gasteiger partial charge in [-0.15, -0.1) is 0 Å². The first-order chi connectivity index (χ1) is 7.31. The van der Waals surface area contributed by atoms with E-state index in [4.69, 9.17) is 19.3 Å². The molecule has 8 nitrogen and oxygen atoms in total. The van der Waals surface area contributed by atoms with Crippen LogP contribution in [0.5, 0.6) is 0 Å². The molecule has 0 rings (SSSR count). The Morgan fingerprint density at radius 3 is 1.29 bits per heavy atom. The van der Waals surface area contributed by atoms with Gasteiger partial charge in [-0.25, -0.2) is 0 Å². The summed E-state index contributed by atoms with van der Waals surface area (Å²) in [5, 5.41) is 16.8.